The number of ether oxygens (including phenoxy) is 1. The molecular weight excluding hydrogens is 440 g/mol. The van der Waals surface area contributed by atoms with Crippen molar-refractivity contribution in [3.05, 3.63) is 108 Å². The lowest BCUT2D eigenvalue weighted by Crippen LogP contribution is -2.33. The zero-order valence-corrected chi connectivity index (χ0v) is 19.6. The second kappa shape index (κ2) is 11.2. The zero-order chi connectivity index (χ0) is 24.6. The Hall–Kier alpha value is -4.32. The highest BCUT2D eigenvalue weighted by Crippen LogP contribution is 2.28. The summed E-state index contributed by atoms with van der Waals surface area (Å²) in [4.78, 5) is 25.3. The average molecular weight is 469 g/mol. The van der Waals surface area contributed by atoms with E-state index in [-0.39, 0.29) is 12.5 Å². The molecule has 35 heavy (non-hydrogen) atoms. The summed E-state index contributed by atoms with van der Waals surface area (Å²) in [5.74, 6) is -0.552. The largest absolute Gasteiger partial charge is 0.484 e. The molecule has 0 radical (unpaired) electrons. The van der Waals surface area contributed by atoms with Crippen LogP contribution in [-0.2, 0) is 22.6 Å². The Morgan fingerprint density at radius 3 is 2.34 bits per heavy atom. The highest BCUT2D eigenvalue weighted by Gasteiger charge is 2.12. The molecule has 0 aliphatic heterocycles. The van der Waals surface area contributed by atoms with E-state index in [0.29, 0.717) is 18.8 Å². The van der Waals surface area contributed by atoms with Gasteiger partial charge >= 0.3 is 5.97 Å². The number of amides is 1. The molecule has 4 rings (SSSR count). The lowest BCUT2D eigenvalue weighted by atomic mass is 10.1. The molecule has 0 saturated carbocycles. The van der Waals surface area contributed by atoms with Crippen molar-refractivity contribution in [2.24, 2.45) is 0 Å². The maximum absolute atomic E-state index is 12.6. The van der Waals surface area contributed by atoms with E-state index >= 15 is 0 Å². The molecule has 6 heteroatoms. The van der Waals surface area contributed by atoms with Gasteiger partial charge in [0.05, 0.1) is 0 Å². The summed E-state index contributed by atoms with van der Waals surface area (Å²) in [6.45, 7) is 1.20. The van der Waals surface area contributed by atoms with Crippen molar-refractivity contribution in [1.29, 1.82) is 0 Å². The Labute approximate surface area is 204 Å². The number of benzene rings is 3. The molecule has 0 unspecified atom stereocenters. The first-order valence-corrected chi connectivity index (χ1v) is 11.5. The number of nitrogens with zero attached hydrogens (tertiary/aromatic N) is 2. The third kappa shape index (κ3) is 6.38. The van der Waals surface area contributed by atoms with Crippen molar-refractivity contribution < 1.29 is 19.4 Å². The molecule has 1 N–H and O–H groups in total. The molecule has 0 saturated heterocycles. The van der Waals surface area contributed by atoms with Crippen molar-refractivity contribution in [2.75, 3.05) is 20.2 Å². The fourth-order valence-electron chi connectivity index (χ4n) is 3.92. The van der Waals surface area contributed by atoms with Gasteiger partial charge in [-0.1, -0.05) is 60.7 Å². The van der Waals surface area contributed by atoms with Crippen LogP contribution in [0.15, 0.2) is 91.1 Å². The number of aliphatic carboxylic acids is 1. The summed E-state index contributed by atoms with van der Waals surface area (Å²) in [5, 5.41) is 9.96. The maximum Gasteiger partial charge on any atom is 0.328 e. The van der Waals surface area contributed by atoms with Gasteiger partial charge in [-0.25, -0.2) is 4.79 Å². The Morgan fingerprint density at radius 1 is 0.971 bits per heavy atom. The van der Waals surface area contributed by atoms with Crippen molar-refractivity contribution in [2.45, 2.75) is 13.0 Å². The van der Waals surface area contributed by atoms with Crippen LogP contribution in [0, 0.1) is 0 Å². The Balaban J connectivity index is 1.47. The van der Waals surface area contributed by atoms with Gasteiger partial charge in [-0.15, -0.1) is 0 Å². The Kier molecular flexibility index (Phi) is 7.63. The molecular formula is C29H28N2O4. The topological polar surface area (TPSA) is 71.8 Å². The quantitative estimate of drug-likeness (QED) is 0.337. The monoisotopic (exact) mass is 468 g/mol. The van der Waals surface area contributed by atoms with Crippen molar-refractivity contribution >= 4 is 28.9 Å². The van der Waals surface area contributed by atoms with Gasteiger partial charge in [-0.3, -0.25) is 4.79 Å². The molecule has 0 aliphatic rings. The number of carbonyl (C=O) groups is 2. The first-order valence-electron chi connectivity index (χ1n) is 11.5. The third-order valence-electron chi connectivity index (χ3n) is 5.85. The standard InChI is InChI=1S/C29H28N2O4/c1-30(17-16-22-8-4-2-5-9-22)28(32)21-35-25-13-14-27-26(18-25)24(12-15-29(33)34)20-31(27)19-23-10-6-3-7-11-23/h2-15,18,20H,16-17,19,21H2,1H3,(H,33,34). The van der Waals surface area contributed by atoms with Gasteiger partial charge in [0.1, 0.15) is 5.75 Å². The average Bonchev–Trinajstić information content (AvgIpc) is 3.22. The van der Waals surface area contributed by atoms with E-state index in [9.17, 15) is 9.59 Å². The molecule has 178 valence electrons. The van der Waals surface area contributed by atoms with Gasteiger partial charge in [0.15, 0.2) is 6.61 Å². The van der Waals surface area contributed by atoms with Crippen LogP contribution in [0.4, 0.5) is 0 Å². The fraction of sp³-hybridized carbons (Fsp3) is 0.172. The van der Waals surface area contributed by atoms with E-state index in [1.54, 1.807) is 18.0 Å². The second-order valence-corrected chi connectivity index (χ2v) is 8.39. The van der Waals surface area contributed by atoms with Crippen LogP contribution in [0.3, 0.4) is 0 Å². The molecule has 0 fully saturated rings. The molecule has 3 aromatic carbocycles. The number of fused-ring (bicyclic) bond motifs is 1. The summed E-state index contributed by atoms with van der Waals surface area (Å²) in [6, 6.07) is 25.7. The molecule has 1 heterocycles. The second-order valence-electron chi connectivity index (χ2n) is 8.39. The van der Waals surface area contributed by atoms with Crippen LogP contribution in [-0.4, -0.2) is 46.6 Å². The fourth-order valence-corrected chi connectivity index (χ4v) is 3.92. The summed E-state index contributed by atoms with van der Waals surface area (Å²) < 4.78 is 7.90. The molecule has 0 aliphatic carbocycles. The molecule has 1 amide bonds. The Morgan fingerprint density at radius 2 is 1.66 bits per heavy atom. The smallest absolute Gasteiger partial charge is 0.328 e. The van der Waals surface area contributed by atoms with Gasteiger partial charge in [-0.2, -0.15) is 0 Å². The lowest BCUT2D eigenvalue weighted by Gasteiger charge is -2.17. The summed E-state index contributed by atoms with van der Waals surface area (Å²) in [5.41, 5.74) is 4.05. The lowest BCUT2D eigenvalue weighted by molar-refractivity contribution is -0.132. The summed E-state index contributed by atoms with van der Waals surface area (Å²) in [6.07, 6.45) is 5.42. The van der Waals surface area contributed by atoms with E-state index in [1.807, 2.05) is 72.9 Å². The van der Waals surface area contributed by atoms with E-state index in [4.69, 9.17) is 9.84 Å². The SMILES string of the molecule is CN(CCc1ccccc1)C(=O)COc1ccc2c(c1)c(C=CC(=O)O)cn2Cc1ccccc1. The number of aromatic nitrogens is 1. The number of carboxylic acid groups (broad SMARTS) is 1. The zero-order valence-electron chi connectivity index (χ0n) is 19.6. The highest BCUT2D eigenvalue weighted by molar-refractivity contribution is 5.94. The predicted octanol–water partition coefficient (Wildman–Crippen LogP) is 4.87. The predicted molar refractivity (Wildman–Crippen MR) is 137 cm³/mol. The Bertz CT molecular complexity index is 1330. The number of carboxylic acids is 1. The maximum atomic E-state index is 12.6. The van der Waals surface area contributed by atoms with E-state index in [0.717, 1.165) is 34.5 Å². The van der Waals surface area contributed by atoms with Crippen molar-refractivity contribution in [1.82, 2.24) is 9.47 Å². The van der Waals surface area contributed by atoms with Crippen molar-refractivity contribution in [3.8, 4) is 5.75 Å². The van der Waals surface area contributed by atoms with E-state index in [2.05, 4.69) is 16.7 Å². The van der Waals surface area contributed by atoms with Gasteiger partial charge in [0.2, 0.25) is 0 Å². The van der Waals surface area contributed by atoms with Crippen LogP contribution < -0.4 is 4.74 Å². The number of hydrogen-bond donors (Lipinski definition) is 1. The molecule has 1 aromatic heterocycles. The van der Waals surface area contributed by atoms with Gasteiger partial charge < -0.3 is 19.3 Å². The molecule has 0 atom stereocenters. The van der Waals surface area contributed by atoms with Crippen molar-refractivity contribution in [3.63, 3.8) is 0 Å². The minimum absolute atomic E-state index is 0.0676. The molecule has 0 bridgehead atoms. The molecule has 6 nitrogen and oxygen atoms in total. The summed E-state index contributed by atoms with van der Waals surface area (Å²) >= 11 is 0. The number of rotatable bonds is 10. The number of likely N-dealkylation sites (N-methyl/N-ethyl adjacent to an activating group) is 1. The van der Waals surface area contributed by atoms with Gasteiger partial charge in [0, 0.05) is 48.9 Å². The van der Waals surface area contributed by atoms with Crippen LogP contribution in [0.5, 0.6) is 5.75 Å². The van der Waals surface area contributed by atoms with Crippen LogP contribution in [0.1, 0.15) is 16.7 Å². The van der Waals surface area contributed by atoms with Crippen LogP contribution in [0.2, 0.25) is 0 Å². The van der Waals surface area contributed by atoms with E-state index in [1.165, 1.54) is 5.56 Å². The third-order valence-corrected chi connectivity index (χ3v) is 5.85. The minimum Gasteiger partial charge on any atom is -0.484 e. The first kappa shape index (κ1) is 23.8. The highest BCUT2D eigenvalue weighted by atomic mass is 16.5. The number of carbonyl (C=O) groups excluding carboxylic acids is 1. The van der Waals surface area contributed by atoms with E-state index < -0.39 is 5.97 Å². The molecule has 0 spiro atoms. The van der Waals surface area contributed by atoms with Crippen LogP contribution in [0.25, 0.3) is 17.0 Å². The normalized spacial score (nSPS) is 11.1. The van der Waals surface area contributed by atoms with Gasteiger partial charge in [0.25, 0.3) is 5.91 Å². The first-order chi connectivity index (χ1) is 17.0. The summed E-state index contributed by atoms with van der Waals surface area (Å²) in [7, 11) is 1.77. The van der Waals surface area contributed by atoms with Crippen LogP contribution >= 0.6 is 0 Å². The number of hydrogen-bond acceptors (Lipinski definition) is 3. The minimum atomic E-state index is -1.01. The molecule has 4 aromatic rings. The van der Waals surface area contributed by atoms with Gasteiger partial charge in [-0.05, 0) is 41.8 Å².